The summed E-state index contributed by atoms with van der Waals surface area (Å²) in [5.74, 6) is 0.413. The summed E-state index contributed by atoms with van der Waals surface area (Å²) < 4.78 is 0. The number of carbonyl (C=O) groups is 1. The van der Waals surface area contributed by atoms with Crippen LogP contribution in [0.25, 0.3) is 0 Å². The number of H-pyrrole nitrogens is 1. The van der Waals surface area contributed by atoms with Crippen LogP contribution in [0.15, 0.2) is 0 Å². The van der Waals surface area contributed by atoms with Crippen molar-refractivity contribution in [3.8, 4) is 0 Å². The van der Waals surface area contributed by atoms with Gasteiger partial charge in [0.1, 0.15) is 5.82 Å². The van der Waals surface area contributed by atoms with Gasteiger partial charge in [-0.15, -0.1) is 5.10 Å². The molecule has 0 spiro atoms. The van der Waals surface area contributed by atoms with Crippen LogP contribution in [0.3, 0.4) is 0 Å². The largest absolute Gasteiger partial charge is 0.392 e. The maximum Gasteiger partial charge on any atom is 0.291 e. The molecule has 78 valence electrons. The van der Waals surface area contributed by atoms with Crippen molar-refractivity contribution in [2.24, 2.45) is 0 Å². The van der Waals surface area contributed by atoms with Crippen LogP contribution < -0.4 is 5.32 Å². The average molecular weight is 198 g/mol. The maximum atomic E-state index is 11.3. The Morgan fingerprint density at radius 3 is 2.93 bits per heavy atom. The third-order valence-electron chi connectivity index (χ3n) is 1.63. The lowest BCUT2D eigenvalue weighted by molar-refractivity contribution is 0.0914. The highest BCUT2D eigenvalue weighted by Crippen LogP contribution is 1.93. The first kappa shape index (κ1) is 10.6. The minimum absolute atomic E-state index is 0.113. The topological polar surface area (TPSA) is 90.9 Å². The summed E-state index contributed by atoms with van der Waals surface area (Å²) in [6.45, 7) is 3.71. The van der Waals surface area contributed by atoms with Crippen LogP contribution in [0.2, 0.25) is 0 Å². The van der Waals surface area contributed by atoms with E-state index in [1.807, 2.05) is 6.92 Å². The monoisotopic (exact) mass is 198 g/mol. The van der Waals surface area contributed by atoms with Crippen molar-refractivity contribution in [1.82, 2.24) is 20.5 Å². The zero-order chi connectivity index (χ0) is 10.6. The van der Waals surface area contributed by atoms with Crippen molar-refractivity contribution in [1.29, 1.82) is 0 Å². The van der Waals surface area contributed by atoms with Gasteiger partial charge in [-0.1, -0.05) is 6.92 Å². The van der Waals surface area contributed by atoms with E-state index in [-0.39, 0.29) is 18.3 Å². The molecule has 0 aliphatic rings. The number of hydrogen-bond acceptors (Lipinski definition) is 4. The number of aryl methyl sites for hydroxylation is 1. The molecule has 0 saturated heterocycles. The summed E-state index contributed by atoms with van der Waals surface area (Å²) in [5, 5.41) is 17.8. The van der Waals surface area contributed by atoms with E-state index in [1.54, 1.807) is 6.92 Å². The molecule has 0 aliphatic heterocycles. The van der Waals surface area contributed by atoms with Gasteiger partial charge in [0.15, 0.2) is 0 Å². The van der Waals surface area contributed by atoms with E-state index in [4.69, 9.17) is 5.11 Å². The molecular formula is C8H14N4O2. The molecule has 1 heterocycles. The van der Waals surface area contributed by atoms with Crippen molar-refractivity contribution in [3.63, 3.8) is 0 Å². The first-order valence-electron chi connectivity index (χ1n) is 4.51. The molecule has 0 radical (unpaired) electrons. The van der Waals surface area contributed by atoms with E-state index in [2.05, 4.69) is 20.5 Å². The molecule has 0 fully saturated rings. The van der Waals surface area contributed by atoms with Gasteiger partial charge in [-0.3, -0.25) is 9.89 Å². The Labute approximate surface area is 81.7 Å². The number of hydrogen-bond donors (Lipinski definition) is 3. The number of nitrogens with one attached hydrogen (secondary N) is 2. The average Bonchev–Trinajstić information content (AvgIpc) is 2.62. The van der Waals surface area contributed by atoms with Crippen molar-refractivity contribution >= 4 is 5.91 Å². The van der Waals surface area contributed by atoms with E-state index in [0.717, 1.165) is 0 Å². The molecule has 0 unspecified atom stereocenters. The standard InChI is InChI=1S/C8H14N4O2/c1-3-6-10-7(12-11-6)8(14)9-4-5(2)13/h5,13H,3-4H2,1-2H3,(H,9,14)(H,10,11,12)/t5-/m0/s1. The molecule has 1 aromatic heterocycles. The van der Waals surface area contributed by atoms with E-state index >= 15 is 0 Å². The number of aromatic nitrogens is 3. The van der Waals surface area contributed by atoms with Crippen LogP contribution in [-0.4, -0.2) is 38.8 Å². The maximum absolute atomic E-state index is 11.3. The van der Waals surface area contributed by atoms with Crippen molar-refractivity contribution in [3.05, 3.63) is 11.6 Å². The highest BCUT2D eigenvalue weighted by molar-refractivity contribution is 5.90. The van der Waals surface area contributed by atoms with Gasteiger partial charge in [0.2, 0.25) is 5.82 Å². The van der Waals surface area contributed by atoms with E-state index in [1.165, 1.54) is 0 Å². The van der Waals surface area contributed by atoms with Gasteiger partial charge >= 0.3 is 0 Å². The van der Waals surface area contributed by atoms with Crippen LogP contribution in [0.1, 0.15) is 30.3 Å². The Balaban J connectivity index is 2.52. The number of aromatic amines is 1. The molecule has 14 heavy (non-hydrogen) atoms. The molecule has 0 aliphatic carbocycles. The van der Waals surface area contributed by atoms with E-state index < -0.39 is 6.10 Å². The minimum atomic E-state index is -0.566. The smallest absolute Gasteiger partial charge is 0.291 e. The quantitative estimate of drug-likeness (QED) is 0.607. The summed E-state index contributed by atoms with van der Waals surface area (Å²) in [6.07, 6.45) is 0.139. The summed E-state index contributed by atoms with van der Waals surface area (Å²) in [6, 6.07) is 0. The highest BCUT2D eigenvalue weighted by atomic mass is 16.3. The van der Waals surface area contributed by atoms with E-state index in [9.17, 15) is 4.79 Å². The van der Waals surface area contributed by atoms with Gasteiger partial charge in [-0.25, -0.2) is 4.98 Å². The van der Waals surface area contributed by atoms with E-state index in [0.29, 0.717) is 12.2 Å². The Hall–Kier alpha value is -1.43. The van der Waals surface area contributed by atoms with Crippen LogP contribution in [0, 0.1) is 0 Å². The lowest BCUT2D eigenvalue weighted by Crippen LogP contribution is -2.31. The fraction of sp³-hybridized carbons (Fsp3) is 0.625. The predicted molar refractivity (Wildman–Crippen MR) is 49.8 cm³/mol. The number of rotatable bonds is 4. The first-order valence-corrected chi connectivity index (χ1v) is 4.51. The fourth-order valence-corrected chi connectivity index (χ4v) is 0.874. The van der Waals surface area contributed by atoms with Crippen molar-refractivity contribution in [2.75, 3.05) is 6.54 Å². The molecule has 1 aromatic rings. The molecule has 0 aromatic carbocycles. The number of amides is 1. The normalized spacial score (nSPS) is 12.5. The summed E-state index contributed by atoms with van der Waals surface area (Å²) in [4.78, 5) is 15.3. The lowest BCUT2D eigenvalue weighted by atomic mass is 10.4. The van der Waals surface area contributed by atoms with Crippen LogP contribution >= 0.6 is 0 Å². The zero-order valence-corrected chi connectivity index (χ0v) is 8.24. The third kappa shape index (κ3) is 2.81. The second-order valence-electron chi connectivity index (χ2n) is 3.02. The Kier molecular flexibility index (Phi) is 3.58. The van der Waals surface area contributed by atoms with Crippen LogP contribution in [-0.2, 0) is 6.42 Å². The summed E-state index contributed by atoms with van der Waals surface area (Å²) >= 11 is 0. The molecule has 0 saturated carbocycles. The van der Waals surface area contributed by atoms with Gasteiger partial charge in [0, 0.05) is 13.0 Å². The Morgan fingerprint density at radius 1 is 1.71 bits per heavy atom. The van der Waals surface area contributed by atoms with Crippen LogP contribution in [0.4, 0.5) is 0 Å². The number of aliphatic hydroxyl groups is 1. The zero-order valence-electron chi connectivity index (χ0n) is 8.24. The molecule has 1 rings (SSSR count). The van der Waals surface area contributed by atoms with Gasteiger partial charge in [-0.05, 0) is 6.92 Å². The second-order valence-corrected chi connectivity index (χ2v) is 3.02. The molecular weight excluding hydrogens is 184 g/mol. The SMILES string of the molecule is CCc1nc(C(=O)NC[C@H](C)O)n[nH]1. The Bertz CT molecular complexity index is 308. The highest BCUT2D eigenvalue weighted by Gasteiger charge is 2.11. The number of aliphatic hydroxyl groups excluding tert-OH is 1. The molecule has 3 N–H and O–H groups in total. The summed E-state index contributed by atoms with van der Waals surface area (Å²) in [7, 11) is 0. The molecule has 0 bridgehead atoms. The fourth-order valence-electron chi connectivity index (χ4n) is 0.874. The Morgan fingerprint density at radius 2 is 2.43 bits per heavy atom. The molecule has 1 atom stereocenters. The molecule has 1 amide bonds. The van der Waals surface area contributed by atoms with Gasteiger partial charge in [-0.2, -0.15) is 0 Å². The van der Waals surface area contributed by atoms with Crippen molar-refractivity contribution in [2.45, 2.75) is 26.4 Å². The number of nitrogens with zero attached hydrogens (tertiary/aromatic N) is 2. The third-order valence-corrected chi connectivity index (χ3v) is 1.63. The molecule has 6 nitrogen and oxygen atoms in total. The van der Waals surface area contributed by atoms with Crippen LogP contribution in [0.5, 0.6) is 0 Å². The molecule has 6 heteroatoms. The second kappa shape index (κ2) is 4.71. The minimum Gasteiger partial charge on any atom is -0.392 e. The predicted octanol–water partition coefficient (Wildman–Crippen LogP) is -0.522. The summed E-state index contributed by atoms with van der Waals surface area (Å²) in [5.41, 5.74) is 0. The van der Waals surface area contributed by atoms with Crippen molar-refractivity contribution < 1.29 is 9.90 Å². The van der Waals surface area contributed by atoms with Gasteiger partial charge in [0.25, 0.3) is 5.91 Å². The number of carbonyl (C=O) groups excluding carboxylic acids is 1. The van der Waals surface area contributed by atoms with Gasteiger partial charge < -0.3 is 10.4 Å². The first-order chi connectivity index (χ1) is 6.63. The van der Waals surface area contributed by atoms with Gasteiger partial charge in [0.05, 0.1) is 6.10 Å². The lowest BCUT2D eigenvalue weighted by Gasteiger charge is -2.03.